The van der Waals surface area contributed by atoms with E-state index in [2.05, 4.69) is 23.6 Å². The van der Waals surface area contributed by atoms with Crippen LogP contribution in [0, 0.1) is 0 Å². The van der Waals surface area contributed by atoms with E-state index < -0.39 is 6.10 Å². The monoisotopic (exact) mass is 581 g/mol. The first-order valence-electron chi connectivity index (χ1n) is 19.0. The minimum atomic E-state index is -0.600. The molecule has 246 valence electrons. The van der Waals surface area contributed by atoms with Gasteiger partial charge >= 0.3 is 0 Å². The van der Waals surface area contributed by atoms with E-state index >= 15 is 0 Å². The van der Waals surface area contributed by atoms with Crippen molar-refractivity contribution in [3.63, 3.8) is 0 Å². The van der Waals surface area contributed by atoms with E-state index in [9.17, 15) is 10.2 Å². The third-order valence-corrected chi connectivity index (χ3v) is 9.56. The molecule has 0 radical (unpaired) electrons. The molecule has 2 atom stereocenters. The molecule has 1 heterocycles. The summed E-state index contributed by atoms with van der Waals surface area (Å²) in [5, 5.41) is 19.4. The number of piperazine rings is 1. The summed E-state index contributed by atoms with van der Waals surface area (Å²) in [6.45, 7) is 9.64. The van der Waals surface area contributed by atoms with Crippen molar-refractivity contribution in [2.24, 2.45) is 0 Å². The second-order valence-corrected chi connectivity index (χ2v) is 13.6. The van der Waals surface area contributed by atoms with Gasteiger partial charge in [0.15, 0.2) is 0 Å². The van der Waals surface area contributed by atoms with Gasteiger partial charge in [-0.3, -0.25) is 4.90 Å². The lowest BCUT2D eigenvalue weighted by Gasteiger charge is -2.42. The van der Waals surface area contributed by atoms with E-state index in [1.807, 2.05) is 0 Å². The summed E-state index contributed by atoms with van der Waals surface area (Å²) in [6.07, 6.45) is 37.4. The Morgan fingerprint density at radius 3 is 1.34 bits per heavy atom. The van der Waals surface area contributed by atoms with Gasteiger partial charge in [-0.25, -0.2) is 0 Å². The molecule has 0 saturated carbocycles. The predicted molar refractivity (Wildman–Crippen MR) is 181 cm³/mol. The maximum Gasteiger partial charge on any atom is 0.0897 e. The summed E-state index contributed by atoms with van der Waals surface area (Å²) in [6, 6.07) is 0.542. The van der Waals surface area contributed by atoms with Crippen LogP contribution < -0.4 is 0 Å². The van der Waals surface area contributed by atoms with Crippen molar-refractivity contribution in [3.05, 3.63) is 0 Å². The zero-order valence-corrected chi connectivity index (χ0v) is 28.3. The van der Waals surface area contributed by atoms with Crippen LogP contribution in [0.2, 0.25) is 0 Å². The fourth-order valence-corrected chi connectivity index (χ4v) is 6.75. The molecule has 0 aliphatic carbocycles. The summed E-state index contributed by atoms with van der Waals surface area (Å²) >= 11 is 0. The topological polar surface area (TPSA) is 46.9 Å². The van der Waals surface area contributed by atoms with E-state index in [-0.39, 0.29) is 6.61 Å². The molecule has 2 N–H and O–H groups in total. The number of aliphatic hydroxyl groups is 2. The van der Waals surface area contributed by atoms with Crippen molar-refractivity contribution < 1.29 is 10.2 Å². The van der Waals surface area contributed by atoms with Gasteiger partial charge < -0.3 is 15.1 Å². The van der Waals surface area contributed by atoms with Crippen molar-refractivity contribution in [3.8, 4) is 0 Å². The average molecular weight is 581 g/mol. The summed E-state index contributed by atoms with van der Waals surface area (Å²) in [7, 11) is 0. The molecule has 0 spiro atoms. The van der Waals surface area contributed by atoms with Gasteiger partial charge in [0.05, 0.1) is 12.7 Å². The second kappa shape index (κ2) is 29.9. The van der Waals surface area contributed by atoms with Crippen molar-refractivity contribution in [2.45, 2.75) is 199 Å². The van der Waals surface area contributed by atoms with E-state index in [4.69, 9.17) is 0 Å². The van der Waals surface area contributed by atoms with Crippen LogP contribution in [-0.2, 0) is 0 Å². The lowest BCUT2D eigenvalue weighted by molar-refractivity contribution is 0.00871. The Hall–Kier alpha value is -0.160. The van der Waals surface area contributed by atoms with E-state index in [0.29, 0.717) is 12.6 Å². The molecule has 1 fully saturated rings. The minimum absolute atomic E-state index is 0.121. The van der Waals surface area contributed by atoms with Crippen LogP contribution in [0.5, 0.6) is 0 Å². The molecule has 4 heteroatoms. The molecule has 1 saturated heterocycles. The minimum Gasteiger partial charge on any atom is -0.394 e. The molecule has 0 aromatic carbocycles. The number of unbranched alkanes of at least 4 members (excludes halogenated alkanes) is 24. The van der Waals surface area contributed by atoms with Crippen LogP contribution in [-0.4, -0.2) is 71.5 Å². The zero-order valence-electron chi connectivity index (χ0n) is 28.3. The SMILES string of the molecule is CCCCCCCCCCCCCCCCCCCCN1CCN(CC(O)CO)C(CCCCCCCCCC)C1. The third-order valence-electron chi connectivity index (χ3n) is 9.56. The van der Waals surface area contributed by atoms with Gasteiger partial charge in [0, 0.05) is 32.2 Å². The third kappa shape index (κ3) is 23.9. The van der Waals surface area contributed by atoms with Crippen molar-refractivity contribution in [1.29, 1.82) is 0 Å². The van der Waals surface area contributed by atoms with Gasteiger partial charge in [-0.05, 0) is 19.4 Å². The van der Waals surface area contributed by atoms with Gasteiger partial charge in [0.2, 0.25) is 0 Å². The molecule has 1 aliphatic heterocycles. The first kappa shape index (κ1) is 38.9. The molecular weight excluding hydrogens is 504 g/mol. The number of hydrogen-bond donors (Lipinski definition) is 2. The van der Waals surface area contributed by atoms with Crippen LogP contribution in [0.4, 0.5) is 0 Å². The lowest BCUT2D eigenvalue weighted by atomic mass is 10.0. The highest BCUT2D eigenvalue weighted by Crippen LogP contribution is 2.19. The van der Waals surface area contributed by atoms with Crippen LogP contribution in [0.15, 0.2) is 0 Å². The highest BCUT2D eigenvalue weighted by Gasteiger charge is 2.27. The molecule has 1 rings (SSSR count). The maximum absolute atomic E-state index is 10.1. The zero-order chi connectivity index (χ0) is 29.6. The molecule has 1 aliphatic rings. The van der Waals surface area contributed by atoms with Crippen molar-refractivity contribution >= 4 is 0 Å². The molecule has 0 amide bonds. The quantitative estimate of drug-likeness (QED) is 0.0801. The predicted octanol–water partition coefficient (Wildman–Crippen LogP) is 9.90. The highest BCUT2D eigenvalue weighted by atomic mass is 16.3. The number of hydrogen-bond acceptors (Lipinski definition) is 4. The fourth-order valence-electron chi connectivity index (χ4n) is 6.75. The van der Waals surface area contributed by atoms with Crippen LogP contribution in [0.1, 0.15) is 187 Å². The molecule has 0 aromatic rings. The maximum atomic E-state index is 10.1. The highest BCUT2D eigenvalue weighted by molar-refractivity contribution is 4.83. The van der Waals surface area contributed by atoms with Gasteiger partial charge in [-0.1, -0.05) is 174 Å². The Bertz CT molecular complexity index is 517. The number of aliphatic hydroxyl groups excluding tert-OH is 2. The first-order valence-corrected chi connectivity index (χ1v) is 19.0. The largest absolute Gasteiger partial charge is 0.394 e. The standard InChI is InChI=1S/C37H76N2O2/c1-3-5-7-9-11-13-14-15-16-17-18-19-20-21-22-24-26-28-30-38-31-32-39(34-37(41)35-40)36(33-38)29-27-25-23-12-10-8-6-4-2/h36-37,40-41H,3-35H2,1-2H3. The van der Waals surface area contributed by atoms with Gasteiger partial charge in [0.25, 0.3) is 0 Å². The summed E-state index contributed by atoms with van der Waals surface area (Å²) in [4.78, 5) is 5.15. The van der Waals surface area contributed by atoms with E-state index in [1.54, 1.807) is 0 Å². The molecule has 4 nitrogen and oxygen atoms in total. The fraction of sp³-hybridized carbons (Fsp3) is 1.00. The number of β-amino-alcohol motifs (C(OH)–C–C–N with tert-alkyl or cyclic N) is 1. The van der Waals surface area contributed by atoms with Gasteiger partial charge in [-0.15, -0.1) is 0 Å². The Morgan fingerprint density at radius 2 is 0.927 bits per heavy atom. The van der Waals surface area contributed by atoms with Crippen LogP contribution >= 0.6 is 0 Å². The summed E-state index contributed by atoms with van der Waals surface area (Å²) in [5.41, 5.74) is 0. The van der Waals surface area contributed by atoms with Gasteiger partial charge in [0.1, 0.15) is 0 Å². The number of nitrogens with zero attached hydrogens (tertiary/aromatic N) is 2. The smallest absolute Gasteiger partial charge is 0.0897 e. The van der Waals surface area contributed by atoms with Crippen LogP contribution in [0.25, 0.3) is 0 Å². The summed E-state index contributed by atoms with van der Waals surface area (Å²) < 4.78 is 0. The Kier molecular flexibility index (Phi) is 28.3. The van der Waals surface area contributed by atoms with Crippen molar-refractivity contribution in [1.82, 2.24) is 9.80 Å². The first-order chi connectivity index (χ1) is 20.2. The molecule has 2 unspecified atom stereocenters. The Morgan fingerprint density at radius 1 is 0.537 bits per heavy atom. The molecular formula is C37H76N2O2. The van der Waals surface area contributed by atoms with E-state index in [0.717, 1.165) is 19.6 Å². The number of rotatable bonds is 31. The molecule has 0 bridgehead atoms. The molecule has 41 heavy (non-hydrogen) atoms. The van der Waals surface area contributed by atoms with Crippen molar-refractivity contribution in [2.75, 3.05) is 39.3 Å². The average Bonchev–Trinajstić information content (AvgIpc) is 2.98. The lowest BCUT2D eigenvalue weighted by Crippen LogP contribution is -2.55. The van der Waals surface area contributed by atoms with Gasteiger partial charge in [-0.2, -0.15) is 0 Å². The van der Waals surface area contributed by atoms with E-state index in [1.165, 1.54) is 180 Å². The molecule has 0 aromatic heterocycles. The Balaban J connectivity index is 2.02. The normalized spacial score (nSPS) is 17.4. The second-order valence-electron chi connectivity index (χ2n) is 13.6. The summed E-state index contributed by atoms with van der Waals surface area (Å²) in [5.74, 6) is 0. The van der Waals surface area contributed by atoms with Crippen LogP contribution in [0.3, 0.4) is 0 Å². The Labute approximate surface area is 258 Å².